The van der Waals surface area contributed by atoms with E-state index < -0.39 is 0 Å². The van der Waals surface area contributed by atoms with Crippen molar-refractivity contribution in [2.24, 2.45) is 5.41 Å². The monoisotopic (exact) mass is 227 g/mol. The largest absolute Gasteiger partial charge is 0.396 e. The summed E-state index contributed by atoms with van der Waals surface area (Å²) in [5, 5.41) is 11.4. The van der Waals surface area contributed by atoms with Gasteiger partial charge in [0, 0.05) is 30.0 Å². The van der Waals surface area contributed by atoms with Crippen LogP contribution in [0.5, 0.6) is 0 Å². The van der Waals surface area contributed by atoms with Gasteiger partial charge in [-0.15, -0.1) is 11.3 Å². The normalized spacial score (nSPS) is 15.5. The number of nitrogens with zero attached hydrogens (tertiary/aromatic N) is 1. The second-order valence-corrected chi connectivity index (χ2v) is 5.61. The van der Waals surface area contributed by atoms with Gasteiger partial charge < -0.3 is 10.0 Å². The van der Waals surface area contributed by atoms with Gasteiger partial charge in [0.25, 0.3) is 0 Å². The molecule has 0 amide bonds. The summed E-state index contributed by atoms with van der Waals surface area (Å²) < 4.78 is 0. The van der Waals surface area contributed by atoms with Crippen LogP contribution in [0.15, 0.2) is 17.5 Å². The Morgan fingerprint density at radius 2 is 2.27 bits per heavy atom. The first-order valence-corrected chi connectivity index (χ1v) is 6.29. The highest BCUT2D eigenvalue weighted by molar-refractivity contribution is 7.09. The molecule has 2 nitrogen and oxygen atoms in total. The summed E-state index contributed by atoms with van der Waals surface area (Å²) in [6, 6.07) is 4.24. The molecule has 1 N–H and O–H groups in total. The maximum absolute atomic E-state index is 9.34. The Balaban J connectivity index is 2.44. The average molecular weight is 227 g/mol. The van der Waals surface area contributed by atoms with Crippen LogP contribution in [-0.4, -0.2) is 30.2 Å². The molecule has 0 saturated carbocycles. The third-order valence-corrected chi connectivity index (χ3v) is 3.75. The maximum Gasteiger partial charge on any atom is 0.0496 e. The molecular formula is C12H21NOS. The topological polar surface area (TPSA) is 23.5 Å². The molecule has 86 valence electrons. The van der Waals surface area contributed by atoms with Crippen molar-refractivity contribution in [1.82, 2.24) is 4.90 Å². The lowest BCUT2D eigenvalue weighted by Gasteiger charge is -2.30. The van der Waals surface area contributed by atoms with Crippen LogP contribution in [-0.2, 0) is 6.54 Å². The average Bonchev–Trinajstić information content (AvgIpc) is 2.70. The molecule has 0 bridgehead atoms. The van der Waals surface area contributed by atoms with Crippen LogP contribution in [0.2, 0.25) is 0 Å². The van der Waals surface area contributed by atoms with E-state index in [2.05, 4.69) is 43.3 Å². The Kier molecular flexibility index (Phi) is 4.77. The minimum Gasteiger partial charge on any atom is -0.396 e. The lowest BCUT2D eigenvalue weighted by molar-refractivity contribution is 0.0933. The van der Waals surface area contributed by atoms with Crippen molar-refractivity contribution in [3.05, 3.63) is 22.4 Å². The van der Waals surface area contributed by atoms with E-state index in [-0.39, 0.29) is 12.0 Å². The van der Waals surface area contributed by atoms with E-state index in [1.54, 1.807) is 11.3 Å². The van der Waals surface area contributed by atoms with Gasteiger partial charge in [-0.1, -0.05) is 19.9 Å². The third kappa shape index (κ3) is 3.93. The van der Waals surface area contributed by atoms with E-state index >= 15 is 0 Å². The van der Waals surface area contributed by atoms with Gasteiger partial charge in [0.05, 0.1) is 0 Å². The van der Waals surface area contributed by atoms with Gasteiger partial charge in [-0.3, -0.25) is 0 Å². The third-order valence-electron chi connectivity index (χ3n) is 2.89. The van der Waals surface area contributed by atoms with Gasteiger partial charge >= 0.3 is 0 Å². The molecule has 0 aliphatic heterocycles. The van der Waals surface area contributed by atoms with Gasteiger partial charge in [-0.25, -0.2) is 0 Å². The molecule has 1 aromatic rings. The molecule has 0 aromatic carbocycles. The molecule has 0 saturated heterocycles. The predicted octanol–water partition coefficient (Wildman–Crippen LogP) is 2.59. The first kappa shape index (κ1) is 12.7. The fraction of sp³-hybridized carbons (Fsp3) is 0.667. The van der Waals surface area contributed by atoms with Crippen molar-refractivity contribution in [3.63, 3.8) is 0 Å². The maximum atomic E-state index is 9.34. The lowest BCUT2D eigenvalue weighted by Crippen LogP contribution is -2.35. The summed E-state index contributed by atoms with van der Waals surface area (Å²) in [6.07, 6.45) is 1.01. The lowest BCUT2D eigenvalue weighted by atomic mass is 9.88. The molecule has 0 aliphatic rings. The molecular weight excluding hydrogens is 206 g/mol. The summed E-state index contributed by atoms with van der Waals surface area (Å²) in [5.41, 5.74) is 0.0337. The Morgan fingerprint density at radius 1 is 1.53 bits per heavy atom. The van der Waals surface area contributed by atoms with E-state index in [0.717, 1.165) is 19.5 Å². The van der Waals surface area contributed by atoms with Crippen LogP contribution < -0.4 is 0 Å². The van der Waals surface area contributed by atoms with Gasteiger partial charge in [0.1, 0.15) is 0 Å². The van der Waals surface area contributed by atoms with Crippen LogP contribution in [0.3, 0.4) is 0 Å². The van der Waals surface area contributed by atoms with Crippen LogP contribution in [0.1, 0.15) is 25.1 Å². The number of hydrogen-bond acceptors (Lipinski definition) is 3. The van der Waals surface area contributed by atoms with Crippen molar-refractivity contribution in [2.45, 2.75) is 26.8 Å². The van der Waals surface area contributed by atoms with Crippen molar-refractivity contribution >= 4 is 11.3 Å². The Labute approximate surface area is 96.5 Å². The molecule has 0 aliphatic carbocycles. The predicted molar refractivity (Wildman–Crippen MR) is 66.1 cm³/mol. The second-order valence-electron chi connectivity index (χ2n) is 4.57. The molecule has 1 heterocycles. The minimum atomic E-state index is 0.0337. The number of rotatable bonds is 6. The molecule has 15 heavy (non-hydrogen) atoms. The van der Waals surface area contributed by atoms with Gasteiger partial charge in [0.15, 0.2) is 0 Å². The van der Waals surface area contributed by atoms with E-state index in [1.807, 2.05) is 0 Å². The van der Waals surface area contributed by atoms with Crippen molar-refractivity contribution in [3.8, 4) is 0 Å². The number of thiophene rings is 1. The minimum absolute atomic E-state index is 0.0337. The molecule has 1 unspecified atom stereocenters. The first-order chi connectivity index (χ1) is 7.09. The highest BCUT2D eigenvalue weighted by Crippen LogP contribution is 2.22. The van der Waals surface area contributed by atoms with E-state index in [0.29, 0.717) is 0 Å². The van der Waals surface area contributed by atoms with Gasteiger partial charge in [-0.2, -0.15) is 0 Å². The summed E-state index contributed by atoms with van der Waals surface area (Å²) in [7, 11) is 2.11. The van der Waals surface area contributed by atoms with Crippen LogP contribution in [0, 0.1) is 5.41 Å². The fourth-order valence-electron chi connectivity index (χ4n) is 1.65. The summed E-state index contributed by atoms with van der Waals surface area (Å²) >= 11 is 1.79. The molecule has 1 atom stereocenters. The zero-order valence-electron chi connectivity index (χ0n) is 9.86. The number of aliphatic hydroxyl groups is 1. The summed E-state index contributed by atoms with van der Waals surface area (Å²) in [6.45, 7) is 6.45. The standard InChI is InChI=1S/C12H21NOS/c1-4-12(2,10-14)9-13(3)8-11-6-5-7-15-11/h5-7,14H,4,8-10H2,1-3H3. The second kappa shape index (κ2) is 5.64. The highest BCUT2D eigenvalue weighted by atomic mass is 32.1. The Bertz CT molecular complexity index is 267. The number of aliphatic hydroxyl groups excluding tert-OH is 1. The highest BCUT2D eigenvalue weighted by Gasteiger charge is 2.22. The first-order valence-electron chi connectivity index (χ1n) is 5.41. The van der Waals surface area contributed by atoms with E-state index in [4.69, 9.17) is 0 Å². The van der Waals surface area contributed by atoms with Crippen LogP contribution >= 0.6 is 11.3 Å². The van der Waals surface area contributed by atoms with Crippen molar-refractivity contribution < 1.29 is 5.11 Å². The molecule has 0 spiro atoms. The number of hydrogen-bond donors (Lipinski definition) is 1. The van der Waals surface area contributed by atoms with E-state index in [9.17, 15) is 5.11 Å². The SMILES string of the molecule is CCC(C)(CO)CN(C)Cc1cccs1. The molecule has 1 aromatic heterocycles. The molecule has 3 heteroatoms. The Morgan fingerprint density at radius 3 is 2.73 bits per heavy atom. The molecule has 0 radical (unpaired) electrons. The Hall–Kier alpha value is -0.380. The smallest absolute Gasteiger partial charge is 0.0496 e. The molecule has 1 rings (SSSR count). The fourth-order valence-corrected chi connectivity index (χ4v) is 2.43. The summed E-state index contributed by atoms with van der Waals surface area (Å²) in [4.78, 5) is 3.67. The zero-order valence-corrected chi connectivity index (χ0v) is 10.7. The zero-order chi connectivity index (χ0) is 11.3. The molecule has 0 fully saturated rings. The van der Waals surface area contributed by atoms with Crippen LogP contribution in [0.25, 0.3) is 0 Å². The summed E-state index contributed by atoms with van der Waals surface area (Å²) in [5.74, 6) is 0. The van der Waals surface area contributed by atoms with Gasteiger partial charge in [-0.05, 0) is 24.9 Å². The van der Waals surface area contributed by atoms with Gasteiger partial charge in [0.2, 0.25) is 0 Å². The van der Waals surface area contributed by atoms with E-state index in [1.165, 1.54) is 4.88 Å². The van der Waals surface area contributed by atoms with Crippen LogP contribution in [0.4, 0.5) is 0 Å². The van der Waals surface area contributed by atoms with Crippen molar-refractivity contribution in [2.75, 3.05) is 20.2 Å². The van der Waals surface area contributed by atoms with Crippen molar-refractivity contribution in [1.29, 1.82) is 0 Å². The quantitative estimate of drug-likeness (QED) is 0.807.